The lowest BCUT2D eigenvalue weighted by atomic mass is 9.89. The molecule has 3 rings (SSSR count). The van der Waals surface area contributed by atoms with E-state index in [9.17, 15) is 20.1 Å². The number of hydrogen-bond acceptors (Lipinski definition) is 6. The van der Waals surface area contributed by atoms with Gasteiger partial charge < -0.3 is 24.8 Å². The Hall–Kier alpha value is -2.64. The van der Waals surface area contributed by atoms with Crippen molar-refractivity contribution < 1.29 is 29.6 Å². The first kappa shape index (κ1) is 23.0. The third-order valence-corrected chi connectivity index (χ3v) is 5.21. The summed E-state index contributed by atoms with van der Waals surface area (Å²) in [6.07, 6.45) is 3.64. The van der Waals surface area contributed by atoms with E-state index in [0.717, 1.165) is 5.56 Å². The van der Waals surface area contributed by atoms with Crippen molar-refractivity contribution in [1.82, 2.24) is 0 Å². The fraction of sp³-hybridized carbons (Fsp3) is 0.292. The summed E-state index contributed by atoms with van der Waals surface area (Å²) in [5.74, 6) is -0.499. The normalized spacial score (nSPS) is 24.0. The first-order chi connectivity index (χ1) is 14.9. The van der Waals surface area contributed by atoms with Crippen LogP contribution in [0.2, 0.25) is 5.02 Å². The molecule has 0 bridgehead atoms. The maximum absolute atomic E-state index is 12.1. The number of phenols is 1. The van der Waals surface area contributed by atoms with Crippen molar-refractivity contribution in [3.8, 4) is 5.75 Å². The van der Waals surface area contributed by atoms with Crippen molar-refractivity contribution in [1.29, 1.82) is 0 Å². The number of halogens is 1. The van der Waals surface area contributed by atoms with Gasteiger partial charge in [0.15, 0.2) is 0 Å². The van der Waals surface area contributed by atoms with Crippen molar-refractivity contribution in [2.45, 2.75) is 37.3 Å². The van der Waals surface area contributed by atoms with Crippen molar-refractivity contribution in [2.75, 3.05) is 6.61 Å². The van der Waals surface area contributed by atoms with Gasteiger partial charge in [0.25, 0.3) is 0 Å². The Bertz CT molecular complexity index is 907. The zero-order valence-corrected chi connectivity index (χ0v) is 17.6. The summed E-state index contributed by atoms with van der Waals surface area (Å²) in [5, 5.41) is 30.3. The smallest absolute Gasteiger partial charge is 0.331 e. The van der Waals surface area contributed by atoms with Gasteiger partial charge in [0.05, 0.1) is 18.8 Å². The average molecular weight is 445 g/mol. The van der Waals surface area contributed by atoms with Crippen LogP contribution in [0.5, 0.6) is 5.75 Å². The van der Waals surface area contributed by atoms with E-state index in [-0.39, 0.29) is 24.7 Å². The number of hydrogen-bond donors (Lipinski definition) is 3. The number of aliphatic hydroxyl groups is 2. The van der Waals surface area contributed by atoms with Gasteiger partial charge in [-0.2, -0.15) is 0 Å². The number of carbonyl (C=O) groups excluding carboxylic acids is 1. The minimum atomic E-state index is -1.17. The molecule has 0 amide bonds. The van der Waals surface area contributed by atoms with Crippen LogP contribution in [0.25, 0.3) is 12.2 Å². The van der Waals surface area contributed by atoms with Crippen molar-refractivity contribution in [3.63, 3.8) is 0 Å². The molecule has 2 aromatic carbocycles. The summed E-state index contributed by atoms with van der Waals surface area (Å²) in [4.78, 5) is 12.1. The van der Waals surface area contributed by atoms with E-state index in [4.69, 9.17) is 21.1 Å². The zero-order valence-electron chi connectivity index (χ0n) is 16.8. The molecule has 0 spiro atoms. The number of aromatic hydroxyl groups is 1. The molecule has 1 aliphatic rings. The van der Waals surface area contributed by atoms with Gasteiger partial charge in [0, 0.05) is 23.9 Å². The first-order valence-electron chi connectivity index (χ1n) is 9.98. The summed E-state index contributed by atoms with van der Waals surface area (Å²) in [7, 11) is 0. The lowest BCUT2D eigenvalue weighted by Crippen LogP contribution is -2.48. The highest BCUT2D eigenvalue weighted by Gasteiger charge is 2.38. The molecule has 3 N–H and O–H groups in total. The Morgan fingerprint density at radius 2 is 1.65 bits per heavy atom. The monoisotopic (exact) mass is 444 g/mol. The fourth-order valence-electron chi connectivity index (χ4n) is 3.29. The fourth-order valence-corrected chi connectivity index (χ4v) is 3.42. The van der Waals surface area contributed by atoms with Crippen molar-refractivity contribution >= 4 is 29.7 Å². The van der Waals surface area contributed by atoms with Crippen LogP contribution in [0, 0.1) is 0 Å². The van der Waals surface area contributed by atoms with Gasteiger partial charge in [0.2, 0.25) is 0 Å². The van der Waals surface area contributed by atoms with Gasteiger partial charge >= 0.3 is 5.97 Å². The summed E-state index contributed by atoms with van der Waals surface area (Å²) in [5.41, 5.74) is 1.70. The van der Waals surface area contributed by atoms with E-state index in [2.05, 4.69) is 0 Å². The SMILES string of the molecule is O=C(/C=C/c1ccc(O)cc1)O[C@@H]1C[C@@H](OC/C=C\c2ccc(Cl)cc2)C[C@H](O)[C@H]1O. The average Bonchev–Trinajstić information content (AvgIpc) is 2.75. The molecule has 7 heteroatoms. The van der Waals surface area contributed by atoms with E-state index < -0.39 is 24.3 Å². The van der Waals surface area contributed by atoms with E-state index in [1.54, 1.807) is 30.3 Å². The van der Waals surface area contributed by atoms with Gasteiger partial charge in [-0.05, 0) is 41.5 Å². The van der Waals surface area contributed by atoms with Crippen molar-refractivity contribution in [3.05, 3.63) is 76.8 Å². The molecule has 0 unspecified atom stereocenters. The number of phenolic OH excluding ortho intramolecular Hbond substituents is 1. The van der Waals surface area contributed by atoms with Crippen LogP contribution in [0.1, 0.15) is 24.0 Å². The lowest BCUT2D eigenvalue weighted by Gasteiger charge is -2.35. The number of ether oxygens (including phenoxy) is 2. The molecular weight excluding hydrogens is 420 g/mol. The van der Waals surface area contributed by atoms with E-state index in [0.29, 0.717) is 17.2 Å². The number of aliphatic hydroxyl groups excluding tert-OH is 2. The molecule has 1 fully saturated rings. The van der Waals surface area contributed by atoms with Crippen LogP contribution in [0.4, 0.5) is 0 Å². The third-order valence-electron chi connectivity index (χ3n) is 4.96. The minimum Gasteiger partial charge on any atom is -0.508 e. The summed E-state index contributed by atoms with van der Waals surface area (Å²) < 4.78 is 11.1. The molecule has 1 saturated carbocycles. The molecule has 4 atom stereocenters. The number of carbonyl (C=O) groups is 1. The largest absolute Gasteiger partial charge is 0.508 e. The molecule has 31 heavy (non-hydrogen) atoms. The maximum Gasteiger partial charge on any atom is 0.331 e. The number of rotatable bonds is 7. The highest BCUT2D eigenvalue weighted by molar-refractivity contribution is 6.30. The van der Waals surface area contributed by atoms with Crippen LogP contribution in [0.3, 0.4) is 0 Å². The zero-order chi connectivity index (χ0) is 22.2. The topological polar surface area (TPSA) is 96.2 Å². The van der Waals surface area contributed by atoms with Gasteiger partial charge in [-0.3, -0.25) is 0 Å². The second-order valence-corrected chi connectivity index (χ2v) is 7.78. The van der Waals surface area contributed by atoms with Gasteiger partial charge in [-0.1, -0.05) is 48.0 Å². The van der Waals surface area contributed by atoms with Crippen LogP contribution < -0.4 is 0 Å². The molecule has 6 nitrogen and oxygen atoms in total. The van der Waals surface area contributed by atoms with Gasteiger partial charge in [-0.15, -0.1) is 0 Å². The Balaban J connectivity index is 1.50. The Kier molecular flexibility index (Phi) is 8.26. The second kappa shape index (κ2) is 11.1. The van der Waals surface area contributed by atoms with Crippen molar-refractivity contribution in [2.24, 2.45) is 0 Å². The molecular formula is C24H25ClO6. The maximum atomic E-state index is 12.1. The first-order valence-corrected chi connectivity index (χ1v) is 10.4. The van der Waals surface area contributed by atoms with Crippen LogP contribution >= 0.6 is 11.6 Å². The molecule has 0 aliphatic heterocycles. The minimum absolute atomic E-state index is 0.132. The molecule has 1 aliphatic carbocycles. The molecule has 0 aromatic heterocycles. The number of esters is 1. The van der Waals surface area contributed by atoms with Crippen LogP contribution in [-0.4, -0.2) is 52.3 Å². The molecule has 0 heterocycles. The summed E-state index contributed by atoms with van der Waals surface area (Å²) in [6, 6.07) is 13.7. The Labute approximate surface area is 186 Å². The highest BCUT2D eigenvalue weighted by Crippen LogP contribution is 2.25. The standard InChI is InChI=1S/C24H25ClO6/c25-18-8-3-16(4-9-18)2-1-13-30-20-14-21(27)24(29)22(15-20)31-23(28)12-7-17-5-10-19(26)11-6-17/h1-12,20-22,24,26-27,29H,13-15H2/b2-1-,12-7+/t20-,21-,22+,24+/m0/s1. The second-order valence-electron chi connectivity index (χ2n) is 7.34. The molecule has 2 aromatic rings. The quantitative estimate of drug-likeness (QED) is 0.446. The third kappa shape index (κ3) is 7.22. The lowest BCUT2D eigenvalue weighted by molar-refractivity contribution is -0.169. The summed E-state index contributed by atoms with van der Waals surface area (Å²) >= 11 is 5.86. The van der Waals surface area contributed by atoms with E-state index in [1.165, 1.54) is 18.2 Å². The Morgan fingerprint density at radius 3 is 2.35 bits per heavy atom. The van der Waals surface area contributed by atoms with Gasteiger partial charge in [0.1, 0.15) is 18.0 Å². The van der Waals surface area contributed by atoms with Crippen LogP contribution in [-0.2, 0) is 14.3 Å². The van der Waals surface area contributed by atoms with E-state index >= 15 is 0 Å². The predicted octanol–water partition coefficient (Wildman–Crippen LogP) is 3.58. The van der Waals surface area contributed by atoms with E-state index in [1.807, 2.05) is 24.3 Å². The van der Waals surface area contributed by atoms with Crippen LogP contribution in [0.15, 0.2) is 60.7 Å². The molecule has 0 saturated heterocycles. The summed E-state index contributed by atoms with van der Waals surface area (Å²) in [6.45, 7) is 0.317. The molecule has 164 valence electrons. The Morgan fingerprint density at radius 1 is 1.00 bits per heavy atom. The highest BCUT2D eigenvalue weighted by atomic mass is 35.5. The molecule has 0 radical (unpaired) electrons. The number of benzene rings is 2. The van der Waals surface area contributed by atoms with Gasteiger partial charge in [-0.25, -0.2) is 4.79 Å². The predicted molar refractivity (Wildman–Crippen MR) is 118 cm³/mol.